The van der Waals surface area contributed by atoms with Gasteiger partial charge >= 0.3 is 0 Å². The van der Waals surface area contributed by atoms with Crippen LogP contribution in [0.1, 0.15) is 0 Å². The molecule has 0 N–H and O–H groups in total. The maximum atomic E-state index is 4.57. The van der Waals surface area contributed by atoms with Crippen molar-refractivity contribution < 1.29 is 0 Å². The predicted octanol–water partition coefficient (Wildman–Crippen LogP) is 3.58. The van der Waals surface area contributed by atoms with Crippen molar-refractivity contribution in [2.45, 2.75) is 0 Å². The number of benzene rings is 1. The highest BCUT2D eigenvalue weighted by molar-refractivity contribution is 9.10. The minimum atomic E-state index is 0.831. The summed E-state index contributed by atoms with van der Waals surface area (Å²) in [5.41, 5.74) is 3.70. The molecule has 0 aliphatic rings. The van der Waals surface area contributed by atoms with E-state index in [-0.39, 0.29) is 0 Å². The molecule has 0 atom stereocenters. The summed E-state index contributed by atoms with van der Waals surface area (Å²) < 4.78 is 4.63. The van der Waals surface area contributed by atoms with Crippen molar-refractivity contribution in [2.24, 2.45) is 7.05 Å². The predicted molar refractivity (Wildman–Crippen MR) is 88.8 cm³/mol. The third-order valence-electron chi connectivity index (χ3n) is 3.47. The molecule has 4 aromatic rings. The van der Waals surface area contributed by atoms with Gasteiger partial charge in [0.2, 0.25) is 0 Å². The Morgan fingerprint density at radius 2 is 2.00 bits per heavy atom. The number of hydrogen-bond donors (Lipinski definition) is 0. The van der Waals surface area contributed by atoms with E-state index in [1.54, 1.807) is 4.68 Å². The van der Waals surface area contributed by atoms with E-state index >= 15 is 0 Å². The molecule has 0 bridgehead atoms. The molecule has 0 fully saturated rings. The number of halogens is 1. The molecule has 0 unspecified atom stereocenters. The second kappa shape index (κ2) is 5.06. The van der Waals surface area contributed by atoms with E-state index in [9.17, 15) is 0 Å². The van der Waals surface area contributed by atoms with Gasteiger partial charge in [0.1, 0.15) is 0 Å². The van der Waals surface area contributed by atoms with Gasteiger partial charge in [0.05, 0.1) is 17.6 Å². The van der Waals surface area contributed by atoms with Gasteiger partial charge in [-0.2, -0.15) is 10.2 Å². The van der Waals surface area contributed by atoms with Crippen molar-refractivity contribution in [2.75, 3.05) is 0 Å². The van der Waals surface area contributed by atoms with Gasteiger partial charge in [-0.1, -0.05) is 22.0 Å². The molecule has 0 aliphatic carbocycles. The highest BCUT2D eigenvalue weighted by atomic mass is 79.9. The molecular weight excluding hydrogens is 342 g/mol. The Morgan fingerprint density at radius 3 is 2.77 bits per heavy atom. The molecule has 108 valence electrons. The topological polar surface area (TPSA) is 48.5 Å². The second-order valence-electron chi connectivity index (χ2n) is 5.05. The minimum absolute atomic E-state index is 0.831. The monoisotopic (exact) mass is 353 g/mol. The SMILES string of the molecule is Cn1ccc(-c2cnc3c(cnn3-c3cccc(Br)c3)c2)n1. The summed E-state index contributed by atoms with van der Waals surface area (Å²) in [6, 6.07) is 12.0. The Labute approximate surface area is 135 Å². The number of nitrogens with zero attached hydrogens (tertiary/aromatic N) is 5. The van der Waals surface area contributed by atoms with Crippen LogP contribution in [0.5, 0.6) is 0 Å². The number of pyridine rings is 1. The van der Waals surface area contributed by atoms with Gasteiger partial charge in [0.15, 0.2) is 5.65 Å². The van der Waals surface area contributed by atoms with Gasteiger partial charge in [-0.15, -0.1) is 0 Å². The molecular formula is C16H12BrN5. The van der Waals surface area contributed by atoms with Crippen LogP contribution in [0.4, 0.5) is 0 Å². The maximum absolute atomic E-state index is 4.57. The fraction of sp³-hybridized carbons (Fsp3) is 0.0625. The first-order valence-electron chi connectivity index (χ1n) is 6.80. The van der Waals surface area contributed by atoms with E-state index in [0.29, 0.717) is 0 Å². The number of hydrogen-bond acceptors (Lipinski definition) is 3. The van der Waals surface area contributed by atoms with Gasteiger partial charge in [-0.25, -0.2) is 9.67 Å². The van der Waals surface area contributed by atoms with Crippen LogP contribution in [0.3, 0.4) is 0 Å². The van der Waals surface area contributed by atoms with Crippen molar-refractivity contribution in [1.82, 2.24) is 24.5 Å². The second-order valence-corrected chi connectivity index (χ2v) is 5.96. The van der Waals surface area contributed by atoms with Crippen molar-refractivity contribution in [3.05, 3.63) is 59.5 Å². The Balaban J connectivity index is 1.84. The van der Waals surface area contributed by atoms with Crippen LogP contribution in [0.2, 0.25) is 0 Å². The zero-order valence-corrected chi connectivity index (χ0v) is 13.4. The highest BCUT2D eigenvalue weighted by Crippen LogP contribution is 2.23. The summed E-state index contributed by atoms with van der Waals surface area (Å²) in [5.74, 6) is 0. The lowest BCUT2D eigenvalue weighted by Gasteiger charge is -2.03. The van der Waals surface area contributed by atoms with Gasteiger partial charge in [-0.3, -0.25) is 4.68 Å². The summed E-state index contributed by atoms with van der Waals surface area (Å²) in [6.07, 6.45) is 5.58. The average molecular weight is 354 g/mol. The zero-order chi connectivity index (χ0) is 15.1. The summed E-state index contributed by atoms with van der Waals surface area (Å²) >= 11 is 3.48. The molecule has 22 heavy (non-hydrogen) atoms. The quantitative estimate of drug-likeness (QED) is 0.553. The van der Waals surface area contributed by atoms with Crippen LogP contribution in [0.15, 0.2) is 59.5 Å². The molecule has 3 aromatic heterocycles. The van der Waals surface area contributed by atoms with Crippen molar-refractivity contribution in [1.29, 1.82) is 0 Å². The lowest BCUT2D eigenvalue weighted by molar-refractivity contribution is 0.771. The first-order chi connectivity index (χ1) is 10.7. The molecule has 0 amide bonds. The number of aryl methyl sites for hydroxylation is 1. The van der Waals surface area contributed by atoms with E-state index in [0.717, 1.165) is 32.5 Å². The summed E-state index contributed by atoms with van der Waals surface area (Å²) in [4.78, 5) is 4.57. The van der Waals surface area contributed by atoms with Gasteiger partial charge < -0.3 is 0 Å². The van der Waals surface area contributed by atoms with Crippen LogP contribution in [-0.4, -0.2) is 24.5 Å². The zero-order valence-electron chi connectivity index (χ0n) is 11.8. The molecule has 0 saturated heterocycles. The molecule has 6 heteroatoms. The smallest absolute Gasteiger partial charge is 0.162 e. The number of fused-ring (bicyclic) bond motifs is 1. The fourth-order valence-corrected chi connectivity index (χ4v) is 2.81. The van der Waals surface area contributed by atoms with Crippen LogP contribution in [-0.2, 0) is 7.05 Å². The Kier molecular flexibility index (Phi) is 3.04. The Bertz CT molecular complexity index is 970. The fourth-order valence-electron chi connectivity index (χ4n) is 2.43. The van der Waals surface area contributed by atoms with E-state index < -0.39 is 0 Å². The molecule has 0 radical (unpaired) electrons. The van der Waals surface area contributed by atoms with Gasteiger partial charge in [0.25, 0.3) is 0 Å². The largest absolute Gasteiger partial charge is 0.275 e. The number of aromatic nitrogens is 5. The molecule has 3 heterocycles. The Hall–Kier alpha value is -2.47. The summed E-state index contributed by atoms with van der Waals surface area (Å²) in [7, 11) is 1.90. The first kappa shape index (κ1) is 13.2. The third-order valence-corrected chi connectivity index (χ3v) is 3.96. The summed E-state index contributed by atoms with van der Waals surface area (Å²) in [6.45, 7) is 0. The molecule has 0 saturated carbocycles. The van der Waals surface area contributed by atoms with Crippen molar-refractivity contribution >= 4 is 27.0 Å². The van der Waals surface area contributed by atoms with Gasteiger partial charge in [0, 0.05) is 34.9 Å². The molecule has 1 aromatic carbocycles. The lowest BCUT2D eigenvalue weighted by Crippen LogP contribution is -1.97. The van der Waals surface area contributed by atoms with Crippen LogP contribution in [0, 0.1) is 0 Å². The number of rotatable bonds is 2. The van der Waals surface area contributed by atoms with Crippen LogP contribution >= 0.6 is 15.9 Å². The molecule has 0 spiro atoms. The highest BCUT2D eigenvalue weighted by Gasteiger charge is 2.09. The van der Waals surface area contributed by atoms with Crippen LogP contribution in [0.25, 0.3) is 28.0 Å². The van der Waals surface area contributed by atoms with E-state index in [4.69, 9.17) is 0 Å². The molecule has 4 rings (SSSR count). The van der Waals surface area contributed by atoms with Crippen molar-refractivity contribution in [3.8, 4) is 16.9 Å². The normalized spacial score (nSPS) is 11.2. The lowest BCUT2D eigenvalue weighted by atomic mass is 10.2. The van der Waals surface area contributed by atoms with Gasteiger partial charge in [-0.05, 0) is 30.3 Å². The minimum Gasteiger partial charge on any atom is -0.275 e. The average Bonchev–Trinajstić information content (AvgIpc) is 3.12. The molecule has 5 nitrogen and oxygen atoms in total. The molecule has 0 aliphatic heterocycles. The van der Waals surface area contributed by atoms with Crippen molar-refractivity contribution in [3.63, 3.8) is 0 Å². The van der Waals surface area contributed by atoms with E-state index in [2.05, 4.69) is 37.2 Å². The van der Waals surface area contributed by atoms with E-state index in [1.807, 2.05) is 60.7 Å². The Morgan fingerprint density at radius 1 is 1.09 bits per heavy atom. The standard InChI is InChI=1S/C16H12BrN5/c1-21-6-5-15(20-21)11-7-12-10-19-22(16(12)18-9-11)14-4-2-3-13(17)8-14/h2-10H,1H3. The van der Waals surface area contributed by atoms with E-state index in [1.165, 1.54) is 0 Å². The summed E-state index contributed by atoms with van der Waals surface area (Å²) in [5, 5.41) is 9.85. The first-order valence-corrected chi connectivity index (χ1v) is 7.60. The van der Waals surface area contributed by atoms with Crippen LogP contribution < -0.4 is 0 Å². The third kappa shape index (κ3) is 2.21. The maximum Gasteiger partial charge on any atom is 0.162 e.